The Hall–Kier alpha value is -2.08. The predicted molar refractivity (Wildman–Crippen MR) is 76.8 cm³/mol. The number of ether oxygens (including phenoxy) is 1. The summed E-state index contributed by atoms with van der Waals surface area (Å²) in [7, 11) is 0. The Morgan fingerprint density at radius 3 is 2.57 bits per heavy atom. The molecular weight excluding hydrogens is 272 g/mol. The number of nitrogens with two attached hydrogens (primary N) is 1. The molecule has 0 aliphatic heterocycles. The average Bonchev–Trinajstić information content (AvgIpc) is 2.88. The highest BCUT2D eigenvalue weighted by Gasteiger charge is 2.25. The Morgan fingerprint density at radius 1 is 1.29 bits per heavy atom. The number of hydrogen-bond donors (Lipinski definition) is 3. The quantitative estimate of drug-likeness (QED) is 0.708. The fourth-order valence-corrected chi connectivity index (χ4v) is 2.44. The van der Waals surface area contributed by atoms with Gasteiger partial charge in [0.15, 0.2) is 6.61 Å². The van der Waals surface area contributed by atoms with Crippen LogP contribution in [0.1, 0.15) is 29.6 Å². The van der Waals surface area contributed by atoms with Crippen molar-refractivity contribution < 1.29 is 19.4 Å². The topological polar surface area (TPSA) is 102 Å². The zero-order chi connectivity index (χ0) is 15.2. The molecule has 2 atom stereocenters. The third-order valence-corrected chi connectivity index (χ3v) is 3.64. The van der Waals surface area contributed by atoms with E-state index in [0.717, 1.165) is 19.3 Å². The number of hydrogen-bond acceptors (Lipinski definition) is 4. The molecule has 1 aromatic carbocycles. The van der Waals surface area contributed by atoms with E-state index >= 15 is 0 Å². The van der Waals surface area contributed by atoms with Gasteiger partial charge in [0.25, 0.3) is 11.8 Å². The predicted octanol–water partition coefficient (Wildman–Crippen LogP) is 0.441. The van der Waals surface area contributed by atoms with Gasteiger partial charge >= 0.3 is 0 Å². The number of aliphatic hydroxyl groups excluding tert-OH is 1. The van der Waals surface area contributed by atoms with Gasteiger partial charge in [0, 0.05) is 18.0 Å². The van der Waals surface area contributed by atoms with Crippen LogP contribution in [0.2, 0.25) is 0 Å². The third-order valence-electron chi connectivity index (χ3n) is 3.64. The molecule has 114 valence electrons. The van der Waals surface area contributed by atoms with Crippen molar-refractivity contribution in [2.45, 2.75) is 25.4 Å². The second kappa shape index (κ2) is 7.08. The number of nitrogens with one attached hydrogen (secondary N) is 1. The number of carbonyl (C=O) groups excluding carboxylic acids is 2. The highest BCUT2D eigenvalue weighted by Crippen LogP contribution is 2.24. The third kappa shape index (κ3) is 4.46. The van der Waals surface area contributed by atoms with E-state index in [-0.39, 0.29) is 24.5 Å². The van der Waals surface area contributed by atoms with Gasteiger partial charge in [-0.25, -0.2) is 0 Å². The van der Waals surface area contributed by atoms with Gasteiger partial charge in [-0.1, -0.05) is 6.42 Å². The van der Waals surface area contributed by atoms with E-state index < -0.39 is 5.91 Å². The average molecular weight is 292 g/mol. The first-order chi connectivity index (χ1) is 10.1. The maximum atomic E-state index is 12.0. The van der Waals surface area contributed by atoms with Gasteiger partial charge in [0.2, 0.25) is 0 Å². The van der Waals surface area contributed by atoms with E-state index in [1.165, 1.54) is 0 Å². The minimum atomic E-state index is -0.549. The summed E-state index contributed by atoms with van der Waals surface area (Å²) in [5.41, 5.74) is 5.49. The molecule has 0 radical (unpaired) electrons. The van der Waals surface area contributed by atoms with E-state index in [4.69, 9.17) is 10.5 Å². The van der Waals surface area contributed by atoms with Crippen molar-refractivity contribution in [2.24, 2.45) is 11.7 Å². The molecule has 2 amide bonds. The van der Waals surface area contributed by atoms with Gasteiger partial charge in [-0.3, -0.25) is 9.59 Å². The molecule has 1 aromatic rings. The lowest BCUT2D eigenvalue weighted by molar-refractivity contribution is -0.119. The first-order valence-corrected chi connectivity index (χ1v) is 7.03. The monoisotopic (exact) mass is 292 g/mol. The number of benzene rings is 1. The van der Waals surface area contributed by atoms with Gasteiger partial charge in [0.05, 0.1) is 6.10 Å². The summed E-state index contributed by atoms with van der Waals surface area (Å²) in [6.45, 7) is 0.297. The summed E-state index contributed by atoms with van der Waals surface area (Å²) in [5, 5.41) is 12.5. The van der Waals surface area contributed by atoms with E-state index in [1.807, 2.05) is 0 Å². The Morgan fingerprint density at radius 2 is 2.00 bits per heavy atom. The van der Waals surface area contributed by atoms with Gasteiger partial charge in [0.1, 0.15) is 5.75 Å². The van der Waals surface area contributed by atoms with Crippen LogP contribution in [-0.4, -0.2) is 36.2 Å². The maximum absolute atomic E-state index is 12.0. The molecule has 0 spiro atoms. The normalized spacial score (nSPS) is 21.0. The Labute approximate surface area is 123 Å². The standard InChI is InChI=1S/C15H20N2O4/c16-14(19)9-21-12-6-4-10(5-7-12)15(20)17-8-11-2-1-3-13(11)18/h4-7,11,13,18H,1-3,8-9H2,(H2,16,19)(H,17,20). The number of carbonyl (C=O) groups is 2. The first kappa shape index (κ1) is 15.3. The van der Waals surface area contributed by atoms with Crippen LogP contribution in [0.5, 0.6) is 5.75 Å². The summed E-state index contributed by atoms with van der Waals surface area (Å²) in [6.07, 6.45) is 2.45. The fraction of sp³-hybridized carbons (Fsp3) is 0.467. The highest BCUT2D eigenvalue weighted by atomic mass is 16.5. The molecule has 0 saturated heterocycles. The molecule has 0 aromatic heterocycles. The summed E-state index contributed by atoms with van der Waals surface area (Å²) in [6, 6.07) is 6.47. The molecule has 1 aliphatic carbocycles. The van der Waals surface area contributed by atoms with Gasteiger partial charge in [-0.15, -0.1) is 0 Å². The van der Waals surface area contributed by atoms with Crippen LogP contribution in [0.15, 0.2) is 24.3 Å². The number of amides is 2. The second-order valence-corrected chi connectivity index (χ2v) is 5.25. The van der Waals surface area contributed by atoms with E-state index in [0.29, 0.717) is 17.9 Å². The molecule has 1 fully saturated rings. The molecule has 21 heavy (non-hydrogen) atoms. The Bertz CT molecular complexity index is 501. The second-order valence-electron chi connectivity index (χ2n) is 5.25. The van der Waals surface area contributed by atoms with E-state index in [2.05, 4.69) is 5.32 Å². The zero-order valence-corrected chi connectivity index (χ0v) is 11.7. The summed E-state index contributed by atoms with van der Waals surface area (Å²) >= 11 is 0. The minimum Gasteiger partial charge on any atom is -0.484 e. The highest BCUT2D eigenvalue weighted by molar-refractivity contribution is 5.94. The summed E-state index contributed by atoms with van der Waals surface area (Å²) < 4.78 is 5.12. The Balaban J connectivity index is 1.83. The molecule has 0 heterocycles. The fourth-order valence-electron chi connectivity index (χ4n) is 2.44. The van der Waals surface area contributed by atoms with Crippen molar-refractivity contribution in [3.63, 3.8) is 0 Å². The van der Waals surface area contributed by atoms with Crippen LogP contribution in [0, 0.1) is 5.92 Å². The largest absolute Gasteiger partial charge is 0.484 e. The van der Waals surface area contributed by atoms with Gasteiger partial charge < -0.3 is 20.9 Å². The number of rotatable bonds is 6. The summed E-state index contributed by atoms with van der Waals surface area (Å²) in [4.78, 5) is 22.6. The lowest BCUT2D eigenvalue weighted by Crippen LogP contribution is -2.32. The molecule has 2 rings (SSSR count). The van der Waals surface area contributed by atoms with Crippen LogP contribution in [0.25, 0.3) is 0 Å². The zero-order valence-electron chi connectivity index (χ0n) is 11.7. The lowest BCUT2D eigenvalue weighted by atomic mass is 10.1. The maximum Gasteiger partial charge on any atom is 0.255 e. The van der Waals surface area contributed by atoms with Crippen LogP contribution < -0.4 is 15.8 Å². The van der Waals surface area contributed by atoms with Crippen molar-refractivity contribution in [1.29, 1.82) is 0 Å². The minimum absolute atomic E-state index is 0.145. The molecule has 2 unspecified atom stereocenters. The van der Waals surface area contributed by atoms with Crippen molar-refractivity contribution in [3.05, 3.63) is 29.8 Å². The number of aliphatic hydroxyl groups is 1. The van der Waals surface area contributed by atoms with Crippen LogP contribution in [0.4, 0.5) is 0 Å². The molecular formula is C15H20N2O4. The number of primary amides is 1. The van der Waals surface area contributed by atoms with Crippen LogP contribution in [0.3, 0.4) is 0 Å². The van der Waals surface area contributed by atoms with Crippen molar-refractivity contribution >= 4 is 11.8 Å². The van der Waals surface area contributed by atoms with Crippen molar-refractivity contribution in [3.8, 4) is 5.75 Å². The van der Waals surface area contributed by atoms with Crippen LogP contribution in [-0.2, 0) is 4.79 Å². The lowest BCUT2D eigenvalue weighted by Gasteiger charge is -2.15. The van der Waals surface area contributed by atoms with Gasteiger partial charge in [-0.05, 0) is 37.1 Å². The Kier molecular flexibility index (Phi) is 5.16. The molecule has 0 bridgehead atoms. The molecule has 6 heteroatoms. The summed E-state index contributed by atoms with van der Waals surface area (Å²) in [5.74, 6) is -0.105. The van der Waals surface area contributed by atoms with Gasteiger partial charge in [-0.2, -0.15) is 0 Å². The molecule has 1 aliphatic rings. The van der Waals surface area contributed by atoms with E-state index in [9.17, 15) is 14.7 Å². The van der Waals surface area contributed by atoms with Crippen LogP contribution >= 0.6 is 0 Å². The first-order valence-electron chi connectivity index (χ1n) is 7.03. The SMILES string of the molecule is NC(=O)COc1ccc(C(=O)NCC2CCCC2O)cc1. The smallest absolute Gasteiger partial charge is 0.255 e. The molecule has 6 nitrogen and oxygen atoms in total. The molecule has 1 saturated carbocycles. The van der Waals surface area contributed by atoms with Crippen molar-refractivity contribution in [2.75, 3.05) is 13.2 Å². The van der Waals surface area contributed by atoms with Crippen molar-refractivity contribution in [1.82, 2.24) is 5.32 Å². The van der Waals surface area contributed by atoms with E-state index in [1.54, 1.807) is 24.3 Å². The molecule has 4 N–H and O–H groups in total.